The molecular formula is C57H43N3. The fourth-order valence-corrected chi connectivity index (χ4v) is 9.62. The van der Waals surface area contributed by atoms with Gasteiger partial charge in [-0.05, 0) is 108 Å². The molecule has 0 radical (unpaired) electrons. The first-order valence-corrected chi connectivity index (χ1v) is 20.8. The van der Waals surface area contributed by atoms with E-state index in [0.29, 0.717) is 17.5 Å². The average Bonchev–Trinajstić information content (AvgIpc) is 3.67. The largest absolute Gasteiger partial charge is 0.208 e. The van der Waals surface area contributed by atoms with Crippen LogP contribution in [0.25, 0.3) is 89.8 Å². The summed E-state index contributed by atoms with van der Waals surface area (Å²) in [6.45, 7) is 9.51. The predicted molar refractivity (Wildman–Crippen MR) is 248 cm³/mol. The Balaban J connectivity index is 0.940. The average molecular weight is 770 g/mol. The Kier molecular flexibility index (Phi) is 8.18. The molecule has 0 N–H and O–H groups in total. The van der Waals surface area contributed by atoms with Crippen molar-refractivity contribution in [3.8, 4) is 89.8 Å². The molecule has 0 atom stereocenters. The zero-order valence-corrected chi connectivity index (χ0v) is 34.2. The third-order valence-corrected chi connectivity index (χ3v) is 12.9. The Morgan fingerprint density at radius 2 is 0.617 bits per heavy atom. The molecule has 1 aromatic heterocycles. The number of hydrogen-bond acceptors (Lipinski definition) is 3. The number of fused-ring (bicyclic) bond motifs is 6. The third kappa shape index (κ3) is 5.84. The van der Waals surface area contributed by atoms with Crippen LogP contribution in [0.2, 0.25) is 0 Å². The fraction of sp³-hybridized carbons (Fsp3) is 0.105. The topological polar surface area (TPSA) is 38.7 Å². The molecular weight excluding hydrogens is 727 g/mol. The van der Waals surface area contributed by atoms with Gasteiger partial charge < -0.3 is 0 Å². The molecule has 11 rings (SSSR count). The van der Waals surface area contributed by atoms with Crippen molar-refractivity contribution in [3.05, 3.63) is 210 Å². The minimum atomic E-state index is -0.130. The van der Waals surface area contributed by atoms with Gasteiger partial charge >= 0.3 is 0 Å². The molecule has 3 nitrogen and oxygen atoms in total. The van der Waals surface area contributed by atoms with E-state index in [4.69, 9.17) is 15.0 Å². The first-order valence-electron chi connectivity index (χ1n) is 20.8. The summed E-state index contributed by atoms with van der Waals surface area (Å²) in [7, 11) is 0. The van der Waals surface area contributed by atoms with Crippen LogP contribution in [0.3, 0.4) is 0 Å². The van der Waals surface area contributed by atoms with Crippen molar-refractivity contribution < 1.29 is 0 Å². The Bertz CT molecular complexity index is 3120. The van der Waals surface area contributed by atoms with Crippen molar-refractivity contribution in [2.24, 2.45) is 0 Å². The summed E-state index contributed by atoms with van der Waals surface area (Å²) in [6, 6.07) is 67.5. The molecule has 0 saturated carbocycles. The highest BCUT2D eigenvalue weighted by molar-refractivity contribution is 5.91. The first-order chi connectivity index (χ1) is 29.2. The first kappa shape index (κ1) is 35.9. The number of hydrogen-bond donors (Lipinski definition) is 0. The summed E-state index contributed by atoms with van der Waals surface area (Å²) in [4.78, 5) is 15.1. The highest BCUT2D eigenvalue weighted by Gasteiger charge is 2.41. The zero-order chi connectivity index (χ0) is 40.6. The van der Waals surface area contributed by atoms with Gasteiger partial charge in [-0.1, -0.05) is 185 Å². The molecule has 0 amide bonds. The number of aromatic nitrogens is 3. The van der Waals surface area contributed by atoms with Gasteiger partial charge in [-0.15, -0.1) is 0 Å². The number of rotatable bonds is 6. The molecule has 2 aliphatic rings. The lowest BCUT2D eigenvalue weighted by Gasteiger charge is -2.24. The van der Waals surface area contributed by atoms with E-state index in [9.17, 15) is 0 Å². The van der Waals surface area contributed by atoms with Crippen LogP contribution < -0.4 is 0 Å². The maximum absolute atomic E-state index is 5.08. The summed E-state index contributed by atoms with van der Waals surface area (Å²) < 4.78 is 0. The van der Waals surface area contributed by atoms with Crippen LogP contribution >= 0.6 is 0 Å². The molecule has 0 bridgehead atoms. The lowest BCUT2D eigenvalue weighted by Crippen LogP contribution is -2.17. The molecule has 0 saturated heterocycles. The van der Waals surface area contributed by atoms with E-state index >= 15 is 0 Å². The smallest absolute Gasteiger partial charge is 0.164 e. The Hall–Kier alpha value is -7.23. The van der Waals surface area contributed by atoms with Gasteiger partial charge in [0.25, 0.3) is 0 Å². The Morgan fingerprint density at radius 3 is 1.23 bits per heavy atom. The van der Waals surface area contributed by atoms with Crippen LogP contribution in [0.5, 0.6) is 0 Å². The van der Waals surface area contributed by atoms with Gasteiger partial charge in [0.05, 0.1) is 0 Å². The number of benzene rings is 8. The van der Waals surface area contributed by atoms with E-state index in [1.165, 1.54) is 61.2 Å². The van der Waals surface area contributed by atoms with Crippen molar-refractivity contribution >= 4 is 0 Å². The molecule has 0 fully saturated rings. The Labute approximate surface area is 352 Å². The quantitative estimate of drug-likeness (QED) is 0.169. The molecule has 0 spiro atoms. The van der Waals surface area contributed by atoms with Crippen LogP contribution in [0.4, 0.5) is 0 Å². The van der Waals surface area contributed by atoms with Crippen LogP contribution in [0.1, 0.15) is 49.9 Å². The van der Waals surface area contributed by atoms with E-state index in [1.807, 2.05) is 36.4 Å². The van der Waals surface area contributed by atoms with Crippen molar-refractivity contribution in [2.75, 3.05) is 0 Å². The van der Waals surface area contributed by atoms with Crippen LogP contribution in [-0.4, -0.2) is 15.0 Å². The lowest BCUT2D eigenvalue weighted by atomic mass is 9.79. The highest BCUT2D eigenvalue weighted by Crippen LogP contribution is 2.56. The predicted octanol–water partition coefficient (Wildman–Crippen LogP) is 14.5. The van der Waals surface area contributed by atoms with Crippen molar-refractivity contribution in [1.82, 2.24) is 15.0 Å². The summed E-state index contributed by atoms with van der Waals surface area (Å²) >= 11 is 0. The van der Waals surface area contributed by atoms with Crippen LogP contribution in [0, 0.1) is 0 Å². The van der Waals surface area contributed by atoms with E-state index in [1.54, 1.807) is 0 Å². The zero-order valence-electron chi connectivity index (χ0n) is 34.2. The summed E-state index contributed by atoms with van der Waals surface area (Å²) in [6.07, 6.45) is 0. The molecule has 0 aliphatic heterocycles. The monoisotopic (exact) mass is 769 g/mol. The second-order valence-electron chi connectivity index (χ2n) is 17.3. The van der Waals surface area contributed by atoms with Crippen molar-refractivity contribution in [3.63, 3.8) is 0 Å². The summed E-state index contributed by atoms with van der Waals surface area (Å²) in [5.41, 5.74) is 20.8. The summed E-state index contributed by atoms with van der Waals surface area (Å²) in [5.74, 6) is 1.93. The van der Waals surface area contributed by atoms with E-state index in [2.05, 4.69) is 179 Å². The van der Waals surface area contributed by atoms with E-state index in [-0.39, 0.29) is 10.8 Å². The van der Waals surface area contributed by atoms with Crippen LogP contribution in [-0.2, 0) is 10.8 Å². The van der Waals surface area contributed by atoms with Gasteiger partial charge in [-0.2, -0.15) is 0 Å². The van der Waals surface area contributed by atoms with Gasteiger partial charge in [0.1, 0.15) is 0 Å². The molecule has 0 unspecified atom stereocenters. The molecule has 2 aliphatic carbocycles. The molecule has 286 valence electrons. The molecule has 9 aromatic rings. The SMILES string of the molecule is CC1(C)c2ccccc2-c2cc3c(cc21)-c1ccc(-c2cccc(-c4cccc(-c5nc(-c6ccccc6)nc(-c6ccc(-c7ccccc7)cc6)n5)c4)c2)cc1C3(C)C. The van der Waals surface area contributed by atoms with Gasteiger partial charge in [-0.3, -0.25) is 0 Å². The van der Waals surface area contributed by atoms with Crippen LogP contribution in [0.15, 0.2) is 188 Å². The van der Waals surface area contributed by atoms with Gasteiger partial charge in [0.15, 0.2) is 17.5 Å². The standard InChI is InChI=1S/C57H43N3/c1-56(2)49-24-12-11-23-45(49)47-34-52-48(35-51(47)56)46-30-29-43(33-50(46)57(52,3)4)41-20-13-19-40(31-41)42-21-14-22-44(32-42)55-59-53(38-17-9-6-10-18-38)58-54(60-55)39-27-25-37(26-28-39)36-15-7-5-8-16-36/h5-35H,1-4H3. The molecule has 1 heterocycles. The number of nitrogens with zero attached hydrogens (tertiary/aromatic N) is 3. The third-order valence-electron chi connectivity index (χ3n) is 12.9. The van der Waals surface area contributed by atoms with Crippen molar-refractivity contribution in [2.45, 2.75) is 38.5 Å². The van der Waals surface area contributed by atoms with Gasteiger partial charge in [0.2, 0.25) is 0 Å². The maximum Gasteiger partial charge on any atom is 0.164 e. The maximum atomic E-state index is 5.08. The van der Waals surface area contributed by atoms with E-state index < -0.39 is 0 Å². The lowest BCUT2D eigenvalue weighted by molar-refractivity contribution is 0.652. The Morgan fingerprint density at radius 1 is 0.250 bits per heavy atom. The van der Waals surface area contributed by atoms with Gasteiger partial charge in [-0.25, -0.2) is 15.0 Å². The second-order valence-corrected chi connectivity index (χ2v) is 17.3. The molecule has 60 heavy (non-hydrogen) atoms. The minimum Gasteiger partial charge on any atom is -0.208 e. The van der Waals surface area contributed by atoms with E-state index in [0.717, 1.165) is 33.4 Å². The molecule has 3 heteroatoms. The van der Waals surface area contributed by atoms with Gasteiger partial charge in [0, 0.05) is 27.5 Å². The van der Waals surface area contributed by atoms with Crippen molar-refractivity contribution in [1.29, 1.82) is 0 Å². The fourth-order valence-electron chi connectivity index (χ4n) is 9.62. The second kappa shape index (κ2) is 13.7. The minimum absolute atomic E-state index is 0.0311. The summed E-state index contributed by atoms with van der Waals surface area (Å²) in [5, 5.41) is 0. The normalized spacial score (nSPS) is 13.9. The molecule has 8 aromatic carbocycles. The highest BCUT2D eigenvalue weighted by atomic mass is 15.0.